The fraction of sp³-hybridized carbons (Fsp3) is 0.353. The van der Waals surface area contributed by atoms with Crippen LogP contribution < -0.4 is 0 Å². The molecule has 1 amide bonds. The van der Waals surface area contributed by atoms with Gasteiger partial charge in [0, 0.05) is 11.6 Å². The van der Waals surface area contributed by atoms with Crippen LogP contribution in [-0.4, -0.2) is 10.8 Å². The fourth-order valence-corrected chi connectivity index (χ4v) is 1.81. The van der Waals surface area contributed by atoms with Crippen LogP contribution in [-0.2, 0) is 4.79 Å². The Morgan fingerprint density at radius 1 is 1.26 bits per heavy atom. The van der Waals surface area contributed by atoms with Gasteiger partial charge in [0.05, 0.1) is 6.04 Å². The first-order chi connectivity index (χ1) is 8.88. The van der Waals surface area contributed by atoms with Crippen molar-refractivity contribution >= 4 is 5.91 Å². The molecule has 0 aliphatic carbocycles. The molecule has 2 nitrogen and oxygen atoms in total. The van der Waals surface area contributed by atoms with Gasteiger partial charge < -0.3 is 4.90 Å². The maximum absolute atomic E-state index is 12.5. The van der Waals surface area contributed by atoms with Crippen molar-refractivity contribution in [3.05, 3.63) is 60.8 Å². The van der Waals surface area contributed by atoms with E-state index in [0.29, 0.717) is 0 Å². The molecule has 1 aromatic rings. The zero-order chi connectivity index (χ0) is 14.5. The summed E-state index contributed by atoms with van der Waals surface area (Å²) < 4.78 is 0. The monoisotopic (exact) mass is 257 g/mol. The van der Waals surface area contributed by atoms with Crippen molar-refractivity contribution in [3.63, 3.8) is 0 Å². The molecule has 102 valence electrons. The predicted octanol–water partition coefficient (Wildman–Crippen LogP) is 4.32. The number of hydrogen-bond donors (Lipinski definition) is 0. The van der Waals surface area contributed by atoms with E-state index in [9.17, 15) is 4.79 Å². The third-order valence-corrected chi connectivity index (χ3v) is 2.96. The van der Waals surface area contributed by atoms with Gasteiger partial charge in [0.2, 0.25) is 5.91 Å². The van der Waals surface area contributed by atoms with Gasteiger partial charge in [0.1, 0.15) is 0 Å². The van der Waals surface area contributed by atoms with Crippen LogP contribution in [0.1, 0.15) is 39.3 Å². The summed E-state index contributed by atoms with van der Waals surface area (Å²) in [5.41, 5.74) is 0.711. The molecule has 0 aromatic heterocycles. The lowest BCUT2D eigenvalue weighted by atomic mass is 9.93. The Balaban J connectivity index is 3.07. The van der Waals surface area contributed by atoms with Crippen molar-refractivity contribution < 1.29 is 4.79 Å². The van der Waals surface area contributed by atoms with Crippen molar-refractivity contribution in [1.82, 2.24) is 4.90 Å². The first kappa shape index (κ1) is 15.2. The molecule has 0 N–H and O–H groups in total. The van der Waals surface area contributed by atoms with Crippen LogP contribution in [0.3, 0.4) is 0 Å². The molecule has 1 rings (SSSR count). The molecule has 2 heteroatoms. The summed E-state index contributed by atoms with van der Waals surface area (Å²) in [7, 11) is 0. The second kappa shape index (κ2) is 6.37. The molecule has 0 aliphatic heterocycles. The molecule has 0 fully saturated rings. The molecule has 0 saturated carbocycles. The summed E-state index contributed by atoms with van der Waals surface area (Å²) in [6.45, 7) is 11.5. The number of carbonyl (C=O) groups is 1. The minimum Gasteiger partial charge on any atom is -0.311 e. The lowest BCUT2D eigenvalue weighted by Gasteiger charge is -2.32. The highest BCUT2D eigenvalue weighted by Gasteiger charge is 2.29. The van der Waals surface area contributed by atoms with Gasteiger partial charge in [-0.3, -0.25) is 4.79 Å². The molecule has 1 aromatic carbocycles. The molecule has 0 aliphatic rings. The average molecular weight is 257 g/mol. The second-order valence-corrected chi connectivity index (χ2v) is 5.63. The van der Waals surface area contributed by atoms with Gasteiger partial charge in [-0.25, -0.2) is 0 Å². The highest BCUT2D eigenvalue weighted by atomic mass is 16.2. The van der Waals surface area contributed by atoms with Gasteiger partial charge in [-0.15, -0.1) is 0 Å². The van der Waals surface area contributed by atoms with E-state index in [1.165, 1.54) is 0 Å². The maximum atomic E-state index is 12.5. The number of hydrogen-bond acceptors (Lipinski definition) is 1. The van der Waals surface area contributed by atoms with Crippen LogP contribution in [0.25, 0.3) is 0 Å². The highest BCUT2D eigenvalue weighted by Crippen LogP contribution is 2.26. The Hall–Kier alpha value is -1.83. The molecule has 0 radical (unpaired) electrons. The highest BCUT2D eigenvalue weighted by molar-refractivity contribution is 5.82. The lowest BCUT2D eigenvalue weighted by Crippen LogP contribution is -2.37. The Kier molecular flexibility index (Phi) is 5.11. The standard InChI is InChI=1S/C17H23NO/c1-6-7-13-18(16(19)17(3,4)5)14(2)15-11-9-8-10-12-15/h6-14H,1H2,2-5H3/b13-7+. The Bertz CT molecular complexity index is 454. The molecule has 19 heavy (non-hydrogen) atoms. The summed E-state index contributed by atoms with van der Waals surface area (Å²) >= 11 is 0. The first-order valence-corrected chi connectivity index (χ1v) is 6.55. The maximum Gasteiger partial charge on any atom is 0.232 e. The van der Waals surface area contributed by atoms with Crippen molar-refractivity contribution in [3.8, 4) is 0 Å². The van der Waals surface area contributed by atoms with Crippen LogP contribution >= 0.6 is 0 Å². The minimum atomic E-state index is -0.408. The lowest BCUT2D eigenvalue weighted by molar-refractivity contribution is -0.138. The fourth-order valence-electron chi connectivity index (χ4n) is 1.81. The Morgan fingerprint density at radius 2 is 1.84 bits per heavy atom. The van der Waals surface area contributed by atoms with E-state index in [0.717, 1.165) is 5.56 Å². The van der Waals surface area contributed by atoms with E-state index in [4.69, 9.17) is 0 Å². The Labute approximate surface area is 116 Å². The normalized spacial score (nSPS) is 13.3. The van der Waals surface area contributed by atoms with Gasteiger partial charge in [-0.05, 0) is 18.6 Å². The first-order valence-electron chi connectivity index (χ1n) is 6.55. The van der Waals surface area contributed by atoms with Gasteiger partial charge in [0.25, 0.3) is 0 Å². The number of nitrogens with zero attached hydrogens (tertiary/aromatic N) is 1. The van der Waals surface area contributed by atoms with Crippen molar-refractivity contribution in [1.29, 1.82) is 0 Å². The minimum absolute atomic E-state index is 0.00382. The Morgan fingerprint density at radius 3 is 2.32 bits per heavy atom. The third-order valence-electron chi connectivity index (χ3n) is 2.96. The zero-order valence-corrected chi connectivity index (χ0v) is 12.3. The summed E-state index contributed by atoms with van der Waals surface area (Å²) in [6, 6.07) is 10.0. The number of amides is 1. The van der Waals surface area contributed by atoms with Crippen molar-refractivity contribution in [2.75, 3.05) is 0 Å². The number of allylic oxidation sites excluding steroid dienone is 2. The van der Waals surface area contributed by atoms with Gasteiger partial charge in [-0.1, -0.05) is 63.8 Å². The molecule has 0 bridgehead atoms. The molecular weight excluding hydrogens is 234 g/mol. The molecule has 1 atom stereocenters. The van der Waals surface area contributed by atoms with Gasteiger partial charge >= 0.3 is 0 Å². The van der Waals surface area contributed by atoms with Crippen molar-refractivity contribution in [2.45, 2.75) is 33.7 Å². The quantitative estimate of drug-likeness (QED) is 0.735. The van der Waals surface area contributed by atoms with E-state index < -0.39 is 5.41 Å². The van der Waals surface area contributed by atoms with Crippen molar-refractivity contribution in [2.24, 2.45) is 5.41 Å². The third kappa shape index (κ3) is 4.09. The van der Waals surface area contributed by atoms with E-state index >= 15 is 0 Å². The zero-order valence-electron chi connectivity index (χ0n) is 12.3. The molecule has 0 heterocycles. The van der Waals surface area contributed by atoms with E-state index in [1.807, 2.05) is 58.0 Å². The van der Waals surface area contributed by atoms with Crippen LogP contribution in [0.4, 0.5) is 0 Å². The number of carbonyl (C=O) groups excluding carboxylic acids is 1. The van der Waals surface area contributed by atoms with Crippen LogP contribution in [0.2, 0.25) is 0 Å². The van der Waals surface area contributed by atoms with Gasteiger partial charge in [0.15, 0.2) is 0 Å². The second-order valence-electron chi connectivity index (χ2n) is 5.63. The summed E-state index contributed by atoms with van der Waals surface area (Å²) in [5, 5.41) is 0. The average Bonchev–Trinajstić information content (AvgIpc) is 2.38. The number of benzene rings is 1. The van der Waals surface area contributed by atoms with Crippen LogP contribution in [0.5, 0.6) is 0 Å². The molecule has 0 spiro atoms. The van der Waals surface area contributed by atoms with Crippen LogP contribution in [0.15, 0.2) is 55.3 Å². The van der Waals surface area contributed by atoms with E-state index in [2.05, 4.69) is 6.58 Å². The number of rotatable bonds is 4. The largest absolute Gasteiger partial charge is 0.311 e. The smallest absolute Gasteiger partial charge is 0.232 e. The van der Waals surface area contributed by atoms with Crippen LogP contribution in [0, 0.1) is 5.41 Å². The summed E-state index contributed by atoms with van der Waals surface area (Å²) in [6.07, 6.45) is 5.28. The van der Waals surface area contributed by atoms with E-state index in [-0.39, 0.29) is 11.9 Å². The summed E-state index contributed by atoms with van der Waals surface area (Å²) in [4.78, 5) is 14.3. The summed E-state index contributed by atoms with van der Waals surface area (Å²) in [5.74, 6) is 0.0990. The predicted molar refractivity (Wildman–Crippen MR) is 80.5 cm³/mol. The van der Waals surface area contributed by atoms with E-state index in [1.54, 1.807) is 23.3 Å². The molecule has 1 unspecified atom stereocenters. The SMILES string of the molecule is C=C/C=C/N(C(=O)C(C)(C)C)C(C)c1ccccc1. The topological polar surface area (TPSA) is 20.3 Å². The van der Waals surface area contributed by atoms with Gasteiger partial charge in [-0.2, -0.15) is 0 Å². The molecular formula is C17H23NO. The molecule has 0 saturated heterocycles.